The molecule has 0 unspecified atom stereocenters. The maximum Gasteiger partial charge on any atom is 0.230 e. The minimum atomic E-state index is 0.000000000000000444. The van der Waals surface area contributed by atoms with Gasteiger partial charge in [0.2, 0.25) is 21.8 Å². The summed E-state index contributed by atoms with van der Waals surface area (Å²) in [5.41, 5.74) is 19.3. The topological polar surface area (TPSA) is 160 Å². The molecule has 0 saturated heterocycles. The van der Waals surface area contributed by atoms with Gasteiger partial charge in [-0.15, -0.1) is 0 Å². The molecule has 6 rings (SSSR count). The Hall–Kier alpha value is -5.43. The zero-order valence-electron chi connectivity index (χ0n) is 28.1. The van der Waals surface area contributed by atoms with Crippen molar-refractivity contribution in [1.29, 1.82) is 0 Å². The highest BCUT2D eigenvalue weighted by atomic mass is 35.5. The molecule has 0 amide bonds. The first-order chi connectivity index (χ1) is 23.9. The van der Waals surface area contributed by atoms with Crippen LogP contribution in [0.3, 0.4) is 0 Å². The summed E-state index contributed by atoms with van der Waals surface area (Å²) in [6.07, 6.45) is 0. The van der Waals surface area contributed by atoms with Crippen molar-refractivity contribution in [2.75, 3.05) is 53.0 Å². The predicted octanol–water partition coefficient (Wildman–Crippen LogP) is 8.49. The van der Waals surface area contributed by atoms with E-state index in [9.17, 15) is 0 Å². The Morgan fingerprint density at radius 1 is 0.480 bits per heavy atom. The molecule has 50 heavy (non-hydrogen) atoms. The van der Waals surface area contributed by atoms with Gasteiger partial charge in [-0.25, -0.2) is 4.98 Å². The first kappa shape index (κ1) is 37.4. The lowest BCUT2D eigenvalue weighted by Gasteiger charge is -2.20. The lowest BCUT2D eigenvalue weighted by atomic mass is 10.2. The second-order valence-corrected chi connectivity index (χ2v) is 11.7. The van der Waals surface area contributed by atoms with E-state index in [4.69, 9.17) is 46.3 Å². The largest absolute Gasteiger partial charge is 0.399 e. The van der Waals surface area contributed by atoms with E-state index in [2.05, 4.69) is 93.8 Å². The smallest absolute Gasteiger partial charge is 0.230 e. The van der Waals surface area contributed by atoms with Crippen molar-refractivity contribution in [2.45, 2.75) is 13.8 Å². The molecule has 0 aliphatic rings. The van der Waals surface area contributed by atoms with E-state index in [1.807, 2.05) is 88.6 Å². The average Bonchev–Trinajstić information content (AvgIpc) is 3.08. The fourth-order valence-corrected chi connectivity index (χ4v) is 5.03. The summed E-state index contributed by atoms with van der Waals surface area (Å²) in [6, 6.07) is 32.0. The van der Waals surface area contributed by atoms with Crippen LogP contribution in [0.1, 0.15) is 11.6 Å². The van der Waals surface area contributed by atoms with Gasteiger partial charge in [-0.05, 0) is 146 Å². The fraction of sp³-hybridized carbons (Fsp3) is 0.143. The van der Waals surface area contributed by atoms with Gasteiger partial charge in [-0.2, -0.15) is 24.9 Å². The summed E-state index contributed by atoms with van der Waals surface area (Å²) < 4.78 is 0. The molecule has 0 atom stereocenters. The molecule has 12 nitrogen and oxygen atoms in total. The van der Waals surface area contributed by atoms with E-state index in [0.29, 0.717) is 17.6 Å². The molecule has 4 aromatic carbocycles. The third-order valence-electron chi connectivity index (χ3n) is 7.03. The zero-order valence-corrected chi connectivity index (χ0v) is 30.4. The lowest BCUT2D eigenvalue weighted by molar-refractivity contribution is 0.928. The van der Waals surface area contributed by atoms with Gasteiger partial charge in [-0.3, -0.25) is 0 Å². The predicted molar refractivity (Wildman–Crippen MR) is 208 cm³/mol. The van der Waals surface area contributed by atoms with Crippen LogP contribution in [-0.4, -0.2) is 51.0 Å². The molecular formula is C35H37Cl3N12. The second-order valence-electron chi connectivity index (χ2n) is 10.7. The van der Waals surface area contributed by atoms with Crippen molar-refractivity contribution in [1.82, 2.24) is 29.9 Å². The average molecular weight is 732 g/mol. The van der Waals surface area contributed by atoms with E-state index in [0.717, 1.165) is 45.5 Å². The third-order valence-corrected chi connectivity index (χ3v) is 7.53. The number of rotatable bonds is 7. The molecule has 0 saturated carbocycles. The molecule has 0 radical (unpaired) electrons. The Balaban J connectivity index is 0.000000191. The molecule has 0 aliphatic carbocycles. The molecule has 6 N–H and O–H groups in total. The van der Waals surface area contributed by atoms with E-state index in [-0.39, 0.29) is 15.9 Å². The summed E-state index contributed by atoms with van der Waals surface area (Å²) in [5.74, 6) is 1.97. The number of nitrogens with one attached hydrogen (secondary N) is 2. The number of anilines is 9. The number of aromatic nitrogens is 6. The van der Waals surface area contributed by atoms with Gasteiger partial charge >= 0.3 is 0 Å². The Morgan fingerprint density at radius 2 is 0.800 bits per heavy atom. The Morgan fingerprint density at radius 3 is 1.14 bits per heavy atom. The number of aryl methyl sites for hydroxylation is 2. The number of nitrogen functional groups attached to an aromatic ring is 2. The van der Waals surface area contributed by atoms with Gasteiger partial charge in [0, 0.05) is 66.6 Å². The van der Waals surface area contributed by atoms with Crippen LogP contribution < -0.4 is 31.9 Å². The lowest BCUT2D eigenvalue weighted by Crippen LogP contribution is -2.09. The monoisotopic (exact) mass is 730 g/mol. The summed E-state index contributed by atoms with van der Waals surface area (Å²) in [6.45, 7) is 3.72. The second kappa shape index (κ2) is 17.8. The maximum absolute atomic E-state index is 5.65. The van der Waals surface area contributed by atoms with Gasteiger partial charge < -0.3 is 31.9 Å². The normalized spacial score (nSPS) is 10.2. The Kier molecular flexibility index (Phi) is 13.3. The van der Waals surface area contributed by atoms with Crippen molar-refractivity contribution in [3.8, 4) is 0 Å². The Labute approximate surface area is 306 Å². The first-order valence-corrected chi connectivity index (χ1v) is 16.3. The summed E-state index contributed by atoms with van der Waals surface area (Å²) in [7, 11) is 5.98. The van der Waals surface area contributed by atoms with Gasteiger partial charge in [0.25, 0.3) is 0 Å². The van der Waals surface area contributed by atoms with Crippen LogP contribution in [0.2, 0.25) is 15.9 Å². The van der Waals surface area contributed by atoms with E-state index < -0.39 is 0 Å². The van der Waals surface area contributed by atoms with Crippen LogP contribution in [0.25, 0.3) is 0 Å². The van der Waals surface area contributed by atoms with Crippen molar-refractivity contribution >= 4 is 86.3 Å². The van der Waals surface area contributed by atoms with Crippen LogP contribution in [0.5, 0.6) is 0 Å². The summed E-state index contributed by atoms with van der Waals surface area (Å²) >= 11 is 16.0. The number of hydrogen-bond acceptors (Lipinski definition) is 12. The maximum atomic E-state index is 5.65. The molecule has 0 spiro atoms. The SMILES string of the molecule is CN(c1ccc(N)cc1)c1ccc(N)cc1.CNc1ccc(N(C)c2ccc(Nc3nc(C)nc(C)n3)cc2)cc1.Clc1nc(Cl)nc(Cl)n1. The van der Waals surface area contributed by atoms with E-state index in [1.54, 1.807) is 0 Å². The number of nitrogens with zero attached hydrogens (tertiary/aromatic N) is 8. The van der Waals surface area contributed by atoms with Gasteiger partial charge in [0.1, 0.15) is 11.6 Å². The highest BCUT2D eigenvalue weighted by molar-refractivity contribution is 6.33. The number of hydrogen-bond donors (Lipinski definition) is 4. The molecule has 6 aromatic rings. The van der Waals surface area contributed by atoms with Gasteiger partial charge in [-0.1, -0.05) is 0 Å². The molecule has 258 valence electrons. The minimum Gasteiger partial charge on any atom is -0.399 e. The summed E-state index contributed by atoms with van der Waals surface area (Å²) in [5, 5.41) is 6.35. The molecule has 15 heteroatoms. The fourth-order valence-electron chi connectivity index (χ4n) is 4.42. The van der Waals surface area contributed by atoms with E-state index >= 15 is 0 Å². The number of benzene rings is 4. The molecule has 2 aromatic heterocycles. The van der Waals surface area contributed by atoms with Crippen LogP contribution in [0, 0.1) is 13.8 Å². The van der Waals surface area contributed by atoms with Crippen molar-refractivity contribution in [2.24, 2.45) is 0 Å². The highest BCUT2D eigenvalue weighted by Crippen LogP contribution is 2.27. The van der Waals surface area contributed by atoms with Crippen molar-refractivity contribution in [3.63, 3.8) is 0 Å². The Bertz CT molecular complexity index is 1840. The third kappa shape index (κ3) is 11.3. The minimum absolute atomic E-state index is 0.000000000000000444. The van der Waals surface area contributed by atoms with Crippen molar-refractivity contribution < 1.29 is 0 Å². The zero-order chi connectivity index (χ0) is 36.2. The number of nitrogens with two attached hydrogens (primary N) is 2. The highest BCUT2D eigenvalue weighted by Gasteiger charge is 2.06. The van der Waals surface area contributed by atoms with Crippen LogP contribution >= 0.6 is 34.8 Å². The van der Waals surface area contributed by atoms with Gasteiger partial charge in [0.05, 0.1) is 0 Å². The van der Waals surface area contributed by atoms with E-state index in [1.165, 1.54) is 0 Å². The quantitative estimate of drug-likeness (QED) is 0.116. The standard InChI is InChI=1S/C19H22N6.C13H15N3.C3Cl3N3/c1-13-21-14(2)23-19(22-13)24-16-7-11-18(12-8-16)25(4)17-9-5-15(20-3)6-10-17;1-16(12-6-2-10(14)3-7-12)13-8-4-11(15)5-9-13;4-1-7-2(5)9-3(6)8-1/h5-12,20H,1-4H3,(H,21,22,23,24);2-9H,14-15H2,1H3;. The van der Waals surface area contributed by atoms with Crippen LogP contribution in [0.4, 0.5) is 51.4 Å². The summed E-state index contributed by atoms with van der Waals surface area (Å²) in [4.78, 5) is 27.4. The molecule has 0 fully saturated rings. The number of halogens is 3. The molecular weight excluding hydrogens is 695 g/mol. The van der Waals surface area contributed by atoms with Crippen molar-refractivity contribution in [3.05, 3.63) is 125 Å². The molecule has 2 heterocycles. The van der Waals surface area contributed by atoms with Gasteiger partial charge in [0.15, 0.2) is 0 Å². The molecule has 0 aliphatic heterocycles. The first-order valence-electron chi connectivity index (χ1n) is 15.2. The molecule has 0 bridgehead atoms. The van der Waals surface area contributed by atoms with Crippen LogP contribution in [-0.2, 0) is 0 Å². The van der Waals surface area contributed by atoms with Crippen LogP contribution in [0.15, 0.2) is 97.1 Å².